The summed E-state index contributed by atoms with van der Waals surface area (Å²) in [6, 6.07) is 0. The summed E-state index contributed by atoms with van der Waals surface area (Å²) in [5, 5.41) is 40.0. The number of aromatic amines is 2. The minimum absolute atomic E-state index is 0. The number of phosphoric acid groups is 2. The summed E-state index contributed by atoms with van der Waals surface area (Å²) in [5.74, 6) is -0.194. The summed E-state index contributed by atoms with van der Waals surface area (Å²) in [5.41, 5.74) is 4.43. The van der Waals surface area contributed by atoms with Crippen LogP contribution in [0.2, 0.25) is 0 Å². The molecule has 0 unspecified atom stereocenters. The number of H-pyrrole nitrogens is 2. The van der Waals surface area contributed by atoms with Crippen LogP contribution in [0.25, 0.3) is 22.3 Å². The van der Waals surface area contributed by atoms with Crippen LogP contribution in [0.3, 0.4) is 0 Å². The Morgan fingerprint density at radius 2 is 1.31 bits per heavy atom. The van der Waals surface area contributed by atoms with Gasteiger partial charge in [0, 0.05) is 0 Å². The molecule has 8 atom stereocenters. The normalized spacial score (nSPS) is 27.0. The molecule has 2 aliphatic rings. The second-order valence-electron chi connectivity index (χ2n) is 9.95. The number of nitrogens with two attached hydrogens (primary N) is 1. The predicted molar refractivity (Wildman–Crippen MR) is 144 cm³/mol. The second-order valence-corrected chi connectivity index (χ2v) is 12.3. The minimum atomic E-state index is -5.26. The first-order valence-electron chi connectivity index (χ1n) is 13.0. The second kappa shape index (κ2) is 16.4. The molecule has 25 nitrogen and oxygen atoms in total. The van der Waals surface area contributed by atoms with E-state index in [4.69, 9.17) is 25.0 Å². The number of ether oxygens (including phenoxy) is 2. The van der Waals surface area contributed by atoms with E-state index in [0.717, 1.165) is 17.2 Å². The Hall–Kier alpha value is -1.52. The van der Waals surface area contributed by atoms with Crippen molar-refractivity contribution in [2.45, 2.75) is 49.1 Å². The molecule has 0 radical (unpaired) electrons. The van der Waals surface area contributed by atoms with Crippen LogP contribution in [-0.4, -0.2) is 119 Å². The maximum absolute atomic E-state index is 11.7. The molecule has 4 aromatic rings. The third-order valence-corrected chi connectivity index (χ3v) is 7.79. The van der Waals surface area contributed by atoms with Crippen molar-refractivity contribution in [2.75, 3.05) is 18.9 Å². The van der Waals surface area contributed by atoms with Crippen LogP contribution in [0.15, 0.2) is 28.6 Å². The zero-order valence-corrected chi connectivity index (χ0v) is 31.0. The Bertz CT molecular complexity index is 1970. The van der Waals surface area contributed by atoms with Crippen molar-refractivity contribution in [3.63, 3.8) is 0 Å². The van der Waals surface area contributed by atoms with Gasteiger partial charge in [-0.25, -0.2) is 19.5 Å². The number of aliphatic hydroxyl groups excluding tert-OH is 4. The standard InChI is InChI=1S/C10H14N5O8P.C10H13N4O8P.2Na/c11-10-13-7-4(8(18)14-10)12-2-15(7)9-6(17)5(16)3(23-9)1-22-24(19,20)21;15-6-4(1-21-23(18,19)20)22-10(7(6)16)14-3-13-5-8(14)11-2-12-9(5)17;;/h2-3,5-6,9,16-17H,1H2,(H2,19,20,21)(H3,11,13,14,18);2-4,6-7,10,15-16H,1H2,(H,11,12,17)(H2,18,19,20);;/q;;2*+1/p-2/t3-,5-,6-,9-;4-,6-,7-,10-;;/m11../s1. The van der Waals surface area contributed by atoms with E-state index >= 15 is 0 Å². The zero-order valence-electron chi connectivity index (χ0n) is 25.2. The molecule has 29 heteroatoms. The van der Waals surface area contributed by atoms with Crippen molar-refractivity contribution >= 4 is 43.9 Å². The number of nitrogen functional groups attached to an aromatic ring is 1. The number of nitrogens with one attached hydrogen (secondary N) is 2. The van der Waals surface area contributed by atoms with E-state index in [1.807, 2.05) is 0 Å². The molecular weight excluding hydrogens is 730 g/mol. The van der Waals surface area contributed by atoms with Gasteiger partial charge in [-0.15, -0.1) is 0 Å². The third kappa shape index (κ3) is 9.48. The van der Waals surface area contributed by atoms with Gasteiger partial charge in [-0.2, -0.15) is 4.98 Å². The van der Waals surface area contributed by atoms with Crippen LogP contribution >= 0.6 is 15.6 Å². The number of nitrogens with zero attached hydrogens (tertiary/aromatic N) is 6. The van der Waals surface area contributed by atoms with Crippen molar-refractivity contribution < 1.29 is 127 Å². The fourth-order valence-electron chi connectivity index (χ4n) is 4.71. The Labute approximate surface area is 315 Å². The maximum atomic E-state index is 11.7. The molecule has 6 rings (SSSR count). The quantitative estimate of drug-likeness (QED) is 0.0595. The number of aromatic nitrogens is 8. The van der Waals surface area contributed by atoms with Gasteiger partial charge < -0.3 is 69.3 Å². The number of imidazole rings is 2. The van der Waals surface area contributed by atoms with Gasteiger partial charge in [-0.05, 0) is 0 Å². The molecule has 2 saturated heterocycles. The van der Waals surface area contributed by atoms with Crippen molar-refractivity contribution in [1.29, 1.82) is 0 Å². The van der Waals surface area contributed by atoms with Crippen molar-refractivity contribution in [3.05, 3.63) is 39.7 Å². The van der Waals surface area contributed by atoms with E-state index in [2.05, 4.69) is 39.0 Å². The molecule has 4 aromatic heterocycles. The summed E-state index contributed by atoms with van der Waals surface area (Å²) in [7, 11) is -10.0. The molecule has 0 spiro atoms. The zero-order chi connectivity index (χ0) is 34.4. The van der Waals surface area contributed by atoms with Crippen molar-refractivity contribution in [3.8, 4) is 0 Å². The SMILES string of the molecule is Nc1nc2c(ncn2[C@@H]2O[C@H](COP(=O)([O-])[O-])[C@@H](O)[C@H]2O)c(=O)[nH]1.O=c1[nH]cnc2c1ncn2[C@@H]1O[C@H](COP(=O)(O)O)[C@@H](O)[C@H]1O.[Na+].[Na+]. The molecule has 10 N–H and O–H groups in total. The van der Waals surface area contributed by atoms with Gasteiger partial charge in [0.1, 0.15) is 36.6 Å². The van der Waals surface area contributed by atoms with Gasteiger partial charge in [0.25, 0.3) is 11.1 Å². The Balaban J connectivity index is 0.000000255. The van der Waals surface area contributed by atoms with Crippen molar-refractivity contribution in [1.82, 2.24) is 39.0 Å². The molecular formula is C20H25N9Na2O16P2. The molecule has 0 aromatic carbocycles. The van der Waals surface area contributed by atoms with E-state index in [-0.39, 0.29) is 87.4 Å². The number of aliphatic hydroxyl groups is 4. The number of hydrogen-bond acceptors (Lipinski definition) is 19. The summed E-state index contributed by atoms with van der Waals surface area (Å²) in [6.07, 6.45) is -7.31. The third-order valence-electron chi connectivity index (χ3n) is 6.84. The number of rotatable bonds is 8. The topological polar surface area (TPSA) is 392 Å². The average Bonchev–Trinajstić information content (AvgIpc) is 3.73. The molecule has 0 saturated carbocycles. The summed E-state index contributed by atoms with van der Waals surface area (Å²) >= 11 is 0. The fourth-order valence-corrected chi connectivity index (χ4v) is 5.38. The van der Waals surface area contributed by atoms with Gasteiger partial charge in [0.2, 0.25) is 5.95 Å². The van der Waals surface area contributed by atoms with E-state index in [1.165, 1.54) is 10.9 Å². The number of phosphoric ester groups is 2. The maximum Gasteiger partial charge on any atom is 1.00 e. The number of hydrogen-bond donors (Lipinski definition) is 9. The monoisotopic (exact) mass is 755 g/mol. The van der Waals surface area contributed by atoms with E-state index < -0.39 is 89.1 Å². The minimum Gasteiger partial charge on any atom is -0.790 e. The summed E-state index contributed by atoms with van der Waals surface area (Å²) < 4.78 is 42.6. The van der Waals surface area contributed by atoms with E-state index in [1.54, 1.807) is 0 Å². The molecule has 0 bridgehead atoms. The molecule has 2 fully saturated rings. The Kier molecular flexibility index (Phi) is 14.1. The van der Waals surface area contributed by atoms with Gasteiger partial charge in [0.15, 0.2) is 34.8 Å². The molecule has 0 amide bonds. The van der Waals surface area contributed by atoms with E-state index in [0.29, 0.717) is 0 Å². The first-order chi connectivity index (χ1) is 21.9. The molecule has 6 heterocycles. The van der Waals surface area contributed by atoms with Crippen LogP contribution in [0.5, 0.6) is 0 Å². The first kappa shape index (κ1) is 41.9. The van der Waals surface area contributed by atoms with Crippen LogP contribution < -0.4 is 85.8 Å². The Morgan fingerprint density at radius 1 is 0.816 bits per heavy atom. The Morgan fingerprint density at radius 3 is 1.82 bits per heavy atom. The van der Waals surface area contributed by atoms with Gasteiger partial charge >= 0.3 is 66.9 Å². The summed E-state index contributed by atoms with van der Waals surface area (Å²) in [4.78, 5) is 81.8. The van der Waals surface area contributed by atoms with Gasteiger partial charge in [-0.3, -0.25) is 28.2 Å². The summed E-state index contributed by atoms with van der Waals surface area (Å²) in [6.45, 7) is -1.40. The largest absolute Gasteiger partial charge is 1.00 e. The van der Waals surface area contributed by atoms with Crippen LogP contribution in [0.4, 0.5) is 5.95 Å². The fraction of sp³-hybridized carbons (Fsp3) is 0.500. The molecule has 2 aliphatic heterocycles. The van der Waals surface area contributed by atoms with Gasteiger partial charge in [0.05, 0.1) is 40.0 Å². The number of anilines is 1. The predicted octanol–water partition coefficient (Wildman–Crippen LogP) is -12.0. The first-order valence-corrected chi connectivity index (χ1v) is 16.0. The molecule has 0 aliphatic carbocycles. The van der Waals surface area contributed by atoms with Crippen molar-refractivity contribution in [2.24, 2.45) is 0 Å². The molecule has 258 valence electrons. The average molecular weight is 755 g/mol. The smallest absolute Gasteiger partial charge is 0.790 e. The van der Waals surface area contributed by atoms with Crippen LogP contribution in [-0.2, 0) is 27.7 Å². The molecule has 49 heavy (non-hydrogen) atoms. The number of fused-ring (bicyclic) bond motifs is 2. The van der Waals surface area contributed by atoms with Crippen LogP contribution in [0, 0.1) is 0 Å². The van der Waals surface area contributed by atoms with E-state index in [9.17, 15) is 48.9 Å². The van der Waals surface area contributed by atoms with Gasteiger partial charge in [-0.1, -0.05) is 0 Å². The van der Waals surface area contributed by atoms with Crippen LogP contribution in [0.1, 0.15) is 12.5 Å².